The first-order valence-electron chi connectivity index (χ1n) is 5.53. The summed E-state index contributed by atoms with van der Waals surface area (Å²) in [5.41, 5.74) is -0.0298. The van der Waals surface area contributed by atoms with E-state index in [0.717, 1.165) is 6.07 Å². The van der Waals surface area contributed by atoms with E-state index in [1.54, 1.807) is 24.3 Å². The van der Waals surface area contributed by atoms with Gasteiger partial charge in [-0.15, -0.1) is 0 Å². The van der Waals surface area contributed by atoms with Gasteiger partial charge in [-0.05, 0) is 24.3 Å². The van der Waals surface area contributed by atoms with Crippen LogP contribution in [0.2, 0.25) is 5.02 Å². The van der Waals surface area contributed by atoms with Crippen LogP contribution in [0, 0.1) is 11.0 Å². The van der Waals surface area contributed by atoms with Crippen LogP contribution in [0.1, 0.15) is 15.9 Å². The molecule has 5 heteroatoms. The average Bonchev–Trinajstić information content (AvgIpc) is 2.64. The van der Waals surface area contributed by atoms with Crippen LogP contribution in [0.5, 0.6) is 0 Å². The number of nitrogens with zero attached hydrogens (tertiary/aromatic N) is 1. The Morgan fingerprint density at radius 1 is 1.05 bits per heavy atom. The molecule has 2 aromatic rings. The lowest BCUT2D eigenvalue weighted by atomic mass is 10.0. The molecule has 1 aliphatic rings. The highest BCUT2D eigenvalue weighted by Crippen LogP contribution is 2.32. The number of para-hydroxylation sites is 1. The van der Waals surface area contributed by atoms with Crippen molar-refractivity contribution >= 4 is 28.8 Å². The fourth-order valence-corrected chi connectivity index (χ4v) is 2.35. The zero-order valence-corrected chi connectivity index (χ0v) is 10.3. The van der Waals surface area contributed by atoms with Crippen LogP contribution in [0.15, 0.2) is 42.5 Å². The number of rotatable bonds is 1. The van der Waals surface area contributed by atoms with Gasteiger partial charge in [0.05, 0.1) is 10.6 Å². The second-order valence-electron chi connectivity index (χ2n) is 4.09. The standard InChI is InChI=1S/C14H7ClFNO2/c15-10-6-2-1-4-8(10)13-14(18)9-5-3-7-11(16)12(9)17(13)19/h1-7H. The van der Waals surface area contributed by atoms with E-state index >= 15 is 0 Å². The maximum Gasteiger partial charge on any atom is 0.274 e. The molecule has 2 aromatic carbocycles. The molecule has 0 bridgehead atoms. The molecule has 3 rings (SSSR count). The van der Waals surface area contributed by atoms with E-state index in [1.165, 1.54) is 12.1 Å². The molecule has 0 N–H and O–H groups in total. The third kappa shape index (κ3) is 1.64. The molecule has 0 aromatic heterocycles. The summed E-state index contributed by atoms with van der Waals surface area (Å²) in [5, 5.41) is 12.4. The van der Waals surface area contributed by atoms with E-state index in [4.69, 9.17) is 11.6 Å². The Labute approximate surface area is 113 Å². The number of halogens is 2. The summed E-state index contributed by atoms with van der Waals surface area (Å²) in [4.78, 5) is 12.2. The summed E-state index contributed by atoms with van der Waals surface area (Å²) in [7, 11) is 0. The van der Waals surface area contributed by atoms with Crippen LogP contribution < -0.4 is 0 Å². The number of carbonyl (C=O) groups excluding carboxylic acids is 1. The molecule has 0 fully saturated rings. The average molecular weight is 276 g/mol. The quantitative estimate of drug-likeness (QED) is 0.592. The van der Waals surface area contributed by atoms with Gasteiger partial charge in [0.2, 0.25) is 0 Å². The molecule has 1 heterocycles. The van der Waals surface area contributed by atoms with Gasteiger partial charge in [0.15, 0.2) is 5.82 Å². The van der Waals surface area contributed by atoms with E-state index in [2.05, 4.69) is 0 Å². The van der Waals surface area contributed by atoms with Gasteiger partial charge in [-0.2, -0.15) is 9.13 Å². The van der Waals surface area contributed by atoms with Crippen LogP contribution in [-0.4, -0.2) is 16.2 Å². The van der Waals surface area contributed by atoms with Crippen molar-refractivity contribution in [2.75, 3.05) is 0 Å². The lowest BCUT2D eigenvalue weighted by Crippen LogP contribution is -2.17. The first kappa shape index (κ1) is 11.9. The Balaban J connectivity index is 2.29. The molecule has 94 valence electrons. The number of hydrogen-bond donors (Lipinski definition) is 0. The van der Waals surface area contributed by atoms with E-state index in [0.29, 0.717) is 10.3 Å². The highest BCUT2D eigenvalue weighted by atomic mass is 35.5. The second kappa shape index (κ2) is 4.17. The first-order valence-corrected chi connectivity index (χ1v) is 5.91. The monoisotopic (exact) mass is 275 g/mol. The van der Waals surface area contributed by atoms with Gasteiger partial charge >= 0.3 is 0 Å². The minimum absolute atomic E-state index is 0.0601. The van der Waals surface area contributed by atoms with Crippen molar-refractivity contribution in [3.63, 3.8) is 0 Å². The summed E-state index contributed by atoms with van der Waals surface area (Å²) < 4.78 is 14.0. The predicted molar refractivity (Wildman–Crippen MR) is 69.6 cm³/mol. The van der Waals surface area contributed by atoms with Crippen molar-refractivity contribution in [1.82, 2.24) is 0 Å². The number of hydrogen-bond acceptors (Lipinski definition) is 2. The van der Waals surface area contributed by atoms with E-state index in [1.807, 2.05) is 0 Å². The smallest absolute Gasteiger partial charge is 0.274 e. The molecule has 0 saturated carbocycles. The van der Waals surface area contributed by atoms with Crippen molar-refractivity contribution in [2.24, 2.45) is 0 Å². The fourth-order valence-electron chi connectivity index (χ4n) is 2.12. The summed E-state index contributed by atoms with van der Waals surface area (Å²) in [6, 6.07) is 10.5. The molecular weight excluding hydrogens is 269 g/mol. The number of carbonyl (C=O) groups is 1. The molecule has 1 aliphatic heterocycles. The Kier molecular flexibility index (Phi) is 2.61. The van der Waals surface area contributed by atoms with E-state index < -0.39 is 11.6 Å². The Bertz CT molecular complexity index is 740. The van der Waals surface area contributed by atoms with E-state index in [9.17, 15) is 14.4 Å². The molecule has 0 atom stereocenters. The fraction of sp³-hybridized carbons (Fsp3) is 0. The van der Waals surface area contributed by atoms with Crippen LogP contribution in [0.25, 0.3) is 0 Å². The van der Waals surface area contributed by atoms with Crippen molar-refractivity contribution in [3.05, 3.63) is 69.6 Å². The predicted octanol–water partition coefficient (Wildman–Crippen LogP) is 3.31. The minimum atomic E-state index is -0.720. The highest BCUT2D eigenvalue weighted by molar-refractivity contribution is 6.54. The number of benzene rings is 2. The highest BCUT2D eigenvalue weighted by Gasteiger charge is 2.39. The Morgan fingerprint density at radius 2 is 1.74 bits per heavy atom. The summed E-state index contributed by atoms with van der Waals surface area (Å²) in [5.74, 6) is -1.24. The largest absolute Gasteiger partial charge is 0.618 e. The summed E-state index contributed by atoms with van der Waals surface area (Å²) in [6.45, 7) is 0. The normalized spacial score (nSPS) is 13.9. The van der Waals surface area contributed by atoms with Crippen molar-refractivity contribution in [3.8, 4) is 0 Å². The minimum Gasteiger partial charge on any atom is -0.618 e. The number of ketones is 1. The zero-order chi connectivity index (χ0) is 13.6. The van der Waals surface area contributed by atoms with Gasteiger partial charge in [0, 0.05) is 0 Å². The van der Waals surface area contributed by atoms with Gasteiger partial charge in [-0.1, -0.05) is 29.8 Å². The number of fused-ring (bicyclic) bond motifs is 1. The lowest BCUT2D eigenvalue weighted by molar-refractivity contribution is -0.358. The topological polar surface area (TPSA) is 43.1 Å². The Morgan fingerprint density at radius 3 is 2.42 bits per heavy atom. The molecule has 19 heavy (non-hydrogen) atoms. The lowest BCUT2D eigenvalue weighted by Gasteiger charge is -2.03. The molecule has 3 nitrogen and oxygen atoms in total. The molecule has 0 aliphatic carbocycles. The molecule has 0 spiro atoms. The van der Waals surface area contributed by atoms with Gasteiger partial charge in [0.1, 0.15) is 5.56 Å². The van der Waals surface area contributed by atoms with Crippen LogP contribution in [0.3, 0.4) is 0 Å². The van der Waals surface area contributed by atoms with E-state index in [-0.39, 0.29) is 22.0 Å². The van der Waals surface area contributed by atoms with Gasteiger partial charge < -0.3 is 5.21 Å². The molecule has 0 saturated heterocycles. The number of Topliss-reactive ketones (excluding diaryl/α,β-unsaturated/α-hetero) is 1. The summed E-state index contributed by atoms with van der Waals surface area (Å²) >= 11 is 5.99. The molecule has 0 unspecified atom stereocenters. The van der Waals surface area contributed by atoms with Crippen LogP contribution in [0.4, 0.5) is 10.1 Å². The van der Waals surface area contributed by atoms with Gasteiger partial charge in [-0.25, -0.2) is 0 Å². The summed E-state index contributed by atoms with van der Waals surface area (Å²) in [6.07, 6.45) is 0. The maximum atomic E-state index is 13.7. The van der Waals surface area contributed by atoms with Crippen molar-refractivity contribution < 1.29 is 13.9 Å². The molecular formula is C14H7ClFNO2. The van der Waals surface area contributed by atoms with Gasteiger partial charge in [0.25, 0.3) is 17.2 Å². The molecule has 0 radical (unpaired) electrons. The van der Waals surface area contributed by atoms with Crippen molar-refractivity contribution in [1.29, 1.82) is 0 Å². The third-order valence-electron chi connectivity index (χ3n) is 2.98. The molecule has 0 amide bonds. The first-order chi connectivity index (χ1) is 9.11. The third-order valence-corrected chi connectivity index (χ3v) is 3.31. The maximum absolute atomic E-state index is 13.7. The zero-order valence-electron chi connectivity index (χ0n) is 9.56. The van der Waals surface area contributed by atoms with Gasteiger partial charge in [-0.3, -0.25) is 4.79 Å². The van der Waals surface area contributed by atoms with Crippen molar-refractivity contribution in [2.45, 2.75) is 0 Å². The van der Waals surface area contributed by atoms with Crippen LogP contribution in [-0.2, 0) is 0 Å². The Hall–Kier alpha value is -2.20. The SMILES string of the molecule is O=C1C(c2ccccc2Cl)=[N+]([O-])c2c(F)cccc21. The second-order valence-corrected chi connectivity index (χ2v) is 4.50. The van der Waals surface area contributed by atoms with Crippen LogP contribution >= 0.6 is 11.6 Å².